The molecule has 0 aliphatic rings. The van der Waals surface area contributed by atoms with Gasteiger partial charge in [0.05, 0.1) is 12.7 Å². The summed E-state index contributed by atoms with van der Waals surface area (Å²) in [5.74, 6) is 0. The van der Waals surface area contributed by atoms with E-state index in [9.17, 15) is 18.3 Å². The first-order valence-corrected chi connectivity index (χ1v) is 5.32. The SMILES string of the molecule is COCC(O)CNC(C)CCCC(F)(F)F. The van der Waals surface area contributed by atoms with Crippen LogP contribution in [0.25, 0.3) is 0 Å². The Morgan fingerprint density at radius 2 is 2.00 bits per heavy atom. The zero-order chi connectivity index (χ0) is 12.6. The third kappa shape index (κ3) is 10.2. The van der Waals surface area contributed by atoms with Gasteiger partial charge >= 0.3 is 6.18 Å². The third-order valence-corrected chi connectivity index (χ3v) is 2.16. The van der Waals surface area contributed by atoms with E-state index in [4.69, 9.17) is 4.74 Å². The van der Waals surface area contributed by atoms with E-state index in [1.807, 2.05) is 0 Å². The maximum atomic E-state index is 11.8. The van der Waals surface area contributed by atoms with Gasteiger partial charge in [0, 0.05) is 26.1 Å². The molecule has 0 saturated heterocycles. The number of rotatable bonds is 8. The van der Waals surface area contributed by atoms with E-state index in [1.54, 1.807) is 6.92 Å². The van der Waals surface area contributed by atoms with E-state index in [0.29, 0.717) is 13.0 Å². The normalized spacial score (nSPS) is 16.1. The summed E-state index contributed by atoms with van der Waals surface area (Å²) in [6.07, 6.45) is -4.89. The first-order chi connectivity index (χ1) is 7.35. The molecule has 0 rings (SSSR count). The molecule has 0 bridgehead atoms. The largest absolute Gasteiger partial charge is 0.389 e. The highest BCUT2D eigenvalue weighted by Gasteiger charge is 2.26. The van der Waals surface area contributed by atoms with E-state index in [1.165, 1.54) is 7.11 Å². The van der Waals surface area contributed by atoms with E-state index in [-0.39, 0.29) is 19.1 Å². The number of methoxy groups -OCH3 is 1. The average Bonchev–Trinajstić information content (AvgIpc) is 2.13. The van der Waals surface area contributed by atoms with Crippen LogP contribution < -0.4 is 5.32 Å². The van der Waals surface area contributed by atoms with Crippen LogP contribution >= 0.6 is 0 Å². The molecule has 0 aromatic heterocycles. The van der Waals surface area contributed by atoms with Gasteiger partial charge in [-0.1, -0.05) is 0 Å². The summed E-state index contributed by atoms with van der Waals surface area (Å²) < 4.78 is 40.3. The zero-order valence-electron chi connectivity index (χ0n) is 9.68. The predicted octanol–water partition coefficient (Wildman–Crippen LogP) is 1.70. The third-order valence-electron chi connectivity index (χ3n) is 2.16. The molecule has 98 valence electrons. The van der Waals surface area contributed by atoms with Crippen LogP contribution in [0.4, 0.5) is 13.2 Å². The molecule has 3 nitrogen and oxygen atoms in total. The highest BCUT2D eigenvalue weighted by molar-refractivity contribution is 4.66. The van der Waals surface area contributed by atoms with Crippen molar-refractivity contribution in [3.05, 3.63) is 0 Å². The van der Waals surface area contributed by atoms with Crippen LogP contribution in [0.15, 0.2) is 0 Å². The van der Waals surface area contributed by atoms with E-state index < -0.39 is 18.7 Å². The summed E-state index contributed by atoms with van der Waals surface area (Å²) in [5, 5.41) is 12.2. The maximum Gasteiger partial charge on any atom is 0.389 e. The van der Waals surface area contributed by atoms with Gasteiger partial charge in [-0.05, 0) is 19.8 Å². The Bertz CT molecular complexity index is 176. The molecule has 0 radical (unpaired) electrons. The van der Waals surface area contributed by atoms with Crippen molar-refractivity contribution < 1.29 is 23.0 Å². The van der Waals surface area contributed by atoms with Gasteiger partial charge < -0.3 is 15.2 Å². The van der Waals surface area contributed by atoms with Crippen molar-refractivity contribution in [1.29, 1.82) is 0 Å². The topological polar surface area (TPSA) is 41.5 Å². The summed E-state index contributed by atoms with van der Waals surface area (Å²) in [6.45, 7) is 2.36. The Balaban J connectivity index is 3.48. The van der Waals surface area contributed by atoms with Gasteiger partial charge in [0.25, 0.3) is 0 Å². The Kier molecular flexibility index (Phi) is 7.70. The second-order valence-corrected chi connectivity index (χ2v) is 3.93. The second kappa shape index (κ2) is 7.86. The van der Waals surface area contributed by atoms with Gasteiger partial charge in [0.2, 0.25) is 0 Å². The minimum atomic E-state index is -4.07. The summed E-state index contributed by atoms with van der Waals surface area (Å²) in [7, 11) is 1.48. The lowest BCUT2D eigenvalue weighted by Gasteiger charge is -2.17. The fourth-order valence-electron chi connectivity index (χ4n) is 1.30. The minimum Gasteiger partial charge on any atom is -0.389 e. The average molecular weight is 243 g/mol. The van der Waals surface area contributed by atoms with Crippen molar-refractivity contribution in [2.24, 2.45) is 0 Å². The molecule has 0 amide bonds. The molecule has 2 unspecified atom stereocenters. The molecule has 0 saturated carbocycles. The van der Waals surface area contributed by atoms with Crippen molar-refractivity contribution in [3.8, 4) is 0 Å². The number of alkyl halides is 3. The van der Waals surface area contributed by atoms with Crippen LogP contribution in [-0.4, -0.2) is 43.7 Å². The first-order valence-electron chi connectivity index (χ1n) is 5.32. The van der Waals surface area contributed by atoms with Gasteiger partial charge in [-0.3, -0.25) is 0 Å². The summed E-state index contributed by atoms with van der Waals surface area (Å²) in [4.78, 5) is 0. The monoisotopic (exact) mass is 243 g/mol. The van der Waals surface area contributed by atoms with Crippen LogP contribution in [0.3, 0.4) is 0 Å². The lowest BCUT2D eigenvalue weighted by Crippen LogP contribution is -2.35. The first kappa shape index (κ1) is 15.7. The maximum absolute atomic E-state index is 11.8. The number of hydrogen-bond acceptors (Lipinski definition) is 3. The lowest BCUT2D eigenvalue weighted by molar-refractivity contribution is -0.135. The summed E-state index contributed by atoms with van der Waals surface area (Å²) in [5.41, 5.74) is 0. The molecular weight excluding hydrogens is 223 g/mol. The molecule has 0 fully saturated rings. The highest BCUT2D eigenvalue weighted by atomic mass is 19.4. The Morgan fingerprint density at radius 3 is 2.50 bits per heavy atom. The number of aliphatic hydroxyl groups excluding tert-OH is 1. The number of hydrogen-bond donors (Lipinski definition) is 2. The van der Waals surface area contributed by atoms with Gasteiger partial charge in [0.1, 0.15) is 0 Å². The van der Waals surface area contributed by atoms with Crippen LogP contribution in [-0.2, 0) is 4.74 Å². The zero-order valence-corrected chi connectivity index (χ0v) is 9.68. The van der Waals surface area contributed by atoms with Gasteiger partial charge in [-0.15, -0.1) is 0 Å². The number of aliphatic hydroxyl groups is 1. The van der Waals surface area contributed by atoms with Gasteiger partial charge in [0.15, 0.2) is 0 Å². The van der Waals surface area contributed by atoms with Crippen LogP contribution in [0.2, 0.25) is 0 Å². The molecule has 0 spiro atoms. The minimum absolute atomic E-state index is 0.0335. The van der Waals surface area contributed by atoms with Crippen molar-refractivity contribution in [2.45, 2.75) is 44.5 Å². The standard InChI is InChI=1S/C10H20F3NO2/c1-8(4-3-5-10(11,12)13)14-6-9(15)7-16-2/h8-9,14-15H,3-7H2,1-2H3. The predicted molar refractivity (Wildman–Crippen MR) is 55.3 cm³/mol. The Morgan fingerprint density at radius 1 is 1.38 bits per heavy atom. The summed E-state index contributed by atoms with van der Waals surface area (Å²) in [6, 6.07) is -0.0335. The molecular formula is C10H20F3NO2. The molecule has 16 heavy (non-hydrogen) atoms. The lowest BCUT2D eigenvalue weighted by atomic mass is 10.1. The quantitative estimate of drug-likeness (QED) is 0.682. The molecule has 6 heteroatoms. The fraction of sp³-hybridized carbons (Fsp3) is 1.00. The molecule has 0 heterocycles. The second-order valence-electron chi connectivity index (χ2n) is 3.93. The van der Waals surface area contributed by atoms with E-state index >= 15 is 0 Å². The molecule has 0 aliphatic heterocycles. The fourth-order valence-corrected chi connectivity index (χ4v) is 1.30. The number of halogens is 3. The summed E-state index contributed by atoms with van der Waals surface area (Å²) >= 11 is 0. The van der Waals surface area contributed by atoms with Crippen molar-refractivity contribution in [2.75, 3.05) is 20.3 Å². The smallest absolute Gasteiger partial charge is 0.389 e. The Labute approximate surface area is 94.0 Å². The molecule has 0 aromatic rings. The van der Waals surface area contributed by atoms with Crippen LogP contribution in [0.1, 0.15) is 26.2 Å². The van der Waals surface area contributed by atoms with Crippen LogP contribution in [0, 0.1) is 0 Å². The molecule has 2 atom stereocenters. The number of ether oxygens (including phenoxy) is 1. The molecule has 2 N–H and O–H groups in total. The molecule has 0 aromatic carbocycles. The Hall–Kier alpha value is -0.330. The highest BCUT2D eigenvalue weighted by Crippen LogP contribution is 2.22. The van der Waals surface area contributed by atoms with Crippen LogP contribution in [0.5, 0.6) is 0 Å². The van der Waals surface area contributed by atoms with E-state index in [2.05, 4.69) is 5.32 Å². The van der Waals surface area contributed by atoms with Gasteiger partial charge in [-0.2, -0.15) is 13.2 Å². The van der Waals surface area contributed by atoms with Crippen molar-refractivity contribution in [1.82, 2.24) is 5.32 Å². The van der Waals surface area contributed by atoms with E-state index in [0.717, 1.165) is 0 Å². The number of nitrogens with one attached hydrogen (secondary N) is 1. The van der Waals surface area contributed by atoms with Crippen molar-refractivity contribution >= 4 is 0 Å². The van der Waals surface area contributed by atoms with Gasteiger partial charge in [-0.25, -0.2) is 0 Å². The molecule has 0 aliphatic carbocycles. The van der Waals surface area contributed by atoms with Crippen molar-refractivity contribution in [3.63, 3.8) is 0 Å².